The van der Waals surface area contributed by atoms with Gasteiger partial charge in [0.05, 0.1) is 5.71 Å². The van der Waals surface area contributed by atoms with E-state index in [0.717, 1.165) is 12.1 Å². The maximum Gasteiger partial charge on any atom is 0.0516 e. The van der Waals surface area contributed by atoms with E-state index in [1.54, 1.807) is 0 Å². The molecular weight excluding hydrogens is 194 g/mol. The molecule has 1 heterocycles. The first-order valence-corrected chi connectivity index (χ1v) is 5.64. The van der Waals surface area contributed by atoms with E-state index >= 15 is 0 Å². The van der Waals surface area contributed by atoms with Gasteiger partial charge in [0.1, 0.15) is 0 Å². The van der Waals surface area contributed by atoms with Gasteiger partial charge in [-0.05, 0) is 37.5 Å². The number of rotatable bonds is 1. The van der Waals surface area contributed by atoms with Crippen LogP contribution < -0.4 is 0 Å². The average molecular weight is 211 g/mol. The molecule has 1 aromatic carbocycles. The van der Waals surface area contributed by atoms with Gasteiger partial charge in [-0.1, -0.05) is 35.9 Å². The number of aliphatic imine (C=N–C) groups is 1. The molecule has 1 nitrogen and oxygen atoms in total. The summed E-state index contributed by atoms with van der Waals surface area (Å²) in [6, 6.07) is 10.4. The summed E-state index contributed by atoms with van der Waals surface area (Å²) in [5, 5.41) is 0. The Morgan fingerprint density at radius 3 is 2.38 bits per heavy atom. The molecule has 1 aliphatic rings. The van der Waals surface area contributed by atoms with Crippen molar-refractivity contribution >= 4 is 5.71 Å². The molecule has 0 N–H and O–H groups in total. The zero-order valence-electron chi connectivity index (χ0n) is 10.1. The van der Waals surface area contributed by atoms with Gasteiger partial charge in [0.25, 0.3) is 0 Å². The highest BCUT2D eigenvalue weighted by Gasteiger charge is 2.09. The molecule has 1 aromatic rings. The molecule has 16 heavy (non-hydrogen) atoms. The van der Waals surface area contributed by atoms with Crippen molar-refractivity contribution < 1.29 is 0 Å². The maximum absolute atomic E-state index is 4.59. The van der Waals surface area contributed by atoms with E-state index in [0.29, 0.717) is 0 Å². The monoisotopic (exact) mass is 211 g/mol. The highest BCUT2D eigenvalue weighted by atomic mass is 14.7. The van der Waals surface area contributed by atoms with Crippen LogP contribution >= 0.6 is 0 Å². The molecule has 1 heteroatoms. The van der Waals surface area contributed by atoms with Crippen molar-refractivity contribution in [3.05, 3.63) is 58.8 Å². The van der Waals surface area contributed by atoms with Gasteiger partial charge in [0, 0.05) is 12.6 Å². The molecule has 1 aliphatic heterocycles. The first-order valence-electron chi connectivity index (χ1n) is 5.64. The lowest BCUT2D eigenvalue weighted by atomic mass is 9.98. The van der Waals surface area contributed by atoms with Crippen molar-refractivity contribution in [2.45, 2.75) is 27.2 Å². The van der Waals surface area contributed by atoms with Crippen LogP contribution in [-0.2, 0) is 0 Å². The van der Waals surface area contributed by atoms with Gasteiger partial charge in [-0.15, -0.1) is 0 Å². The number of hydrogen-bond donors (Lipinski definition) is 0. The molecule has 0 radical (unpaired) electrons. The zero-order valence-corrected chi connectivity index (χ0v) is 10.1. The molecule has 0 bridgehead atoms. The fraction of sp³-hybridized carbons (Fsp3) is 0.267. The van der Waals surface area contributed by atoms with Gasteiger partial charge >= 0.3 is 0 Å². The van der Waals surface area contributed by atoms with E-state index in [1.165, 1.54) is 22.3 Å². The first kappa shape index (κ1) is 10.9. The minimum absolute atomic E-state index is 0.948. The number of benzene rings is 1. The first-order chi connectivity index (χ1) is 7.68. The third-order valence-electron chi connectivity index (χ3n) is 3.19. The minimum Gasteiger partial charge on any atom is -0.260 e. The van der Waals surface area contributed by atoms with Crippen LogP contribution in [0.25, 0.3) is 0 Å². The Kier molecular flexibility index (Phi) is 3.04. The molecule has 0 fully saturated rings. The van der Waals surface area contributed by atoms with Crippen LogP contribution in [0, 0.1) is 0 Å². The second-order valence-corrected chi connectivity index (χ2v) is 4.34. The zero-order chi connectivity index (χ0) is 11.5. The van der Waals surface area contributed by atoms with E-state index in [9.17, 15) is 0 Å². The Labute approximate surface area is 97.2 Å². The maximum atomic E-state index is 4.59. The molecule has 0 amide bonds. The van der Waals surface area contributed by atoms with Crippen molar-refractivity contribution in [2.75, 3.05) is 0 Å². The van der Waals surface area contributed by atoms with E-state index in [2.05, 4.69) is 50.0 Å². The number of nitrogens with zero attached hydrogens (tertiary/aromatic N) is 1. The SMILES string of the molecule is CC1=CN=C(c2ccccc2)CC(C)=C1C. The Bertz CT molecular complexity index is 470. The summed E-state index contributed by atoms with van der Waals surface area (Å²) in [6.45, 7) is 6.48. The summed E-state index contributed by atoms with van der Waals surface area (Å²) in [5.74, 6) is 0. The summed E-state index contributed by atoms with van der Waals surface area (Å²) in [6.07, 6.45) is 2.93. The Hall–Kier alpha value is -1.63. The number of hydrogen-bond acceptors (Lipinski definition) is 1. The standard InChI is InChI=1S/C15H17N/c1-11-9-15(14-7-5-4-6-8-14)16-10-12(2)13(11)3/h4-8,10H,9H2,1-3H3. The molecule has 0 aliphatic carbocycles. The fourth-order valence-corrected chi connectivity index (χ4v) is 1.84. The van der Waals surface area contributed by atoms with E-state index in [-0.39, 0.29) is 0 Å². The van der Waals surface area contributed by atoms with Crippen molar-refractivity contribution in [1.29, 1.82) is 0 Å². The fourth-order valence-electron chi connectivity index (χ4n) is 1.84. The van der Waals surface area contributed by atoms with Crippen molar-refractivity contribution in [2.24, 2.45) is 4.99 Å². The lowest BCUT2D eigenvalue weighted by Crippen LogP contribution is -2.00. The summed E-state index contributed by atoms with van der Waals surface area (Å²) in [4.78, 5) is 4.59. The molecule has 0 saturated carbocycles. The molecule has 0 saturated heterocycles. The van der Waals surface area contributed by atoms with Gasteiger partial charge < -0.3 is 0 Å². The molecule has 2 rings (SSSR count). The average Bonchev–Trinajstić information content (AvgIpc) is 2.44. The molecule has 82 valence electrons. The van der Waals surface area contributed by atoms with Gasteiger partial charge in [0.2, 0.25) is 0 Å². The van der Waals surface area contributed by atoms with E-state index < -0.39 is 0 Å². The van der Waals surface area contributed by atoms with Crippen molar-refractivity contribution in [3.63, 3.8) is 0 Å². The predicted molar refractivity (Wildman–Crippen MR) is 69.7 cm³/mol. The largest absolute Gasteiger partial charge is 0.260 e. The smallest absolute Gasteiger partial charge is 0.0516 e. The lowest BCUT2D eigenvalue weighted by molar-refractivity contribution is 1.18. The highest BCUT2D eigenvalue weighted by molar-refractivity contribution is 6.02. The number of allylic oxidation sites excluding steroid dienone is 3. The van der Waals surface area contributed by atoms with Gasteiger partial charge in [0.15, 0.2) is 0 Å². The molecule has 0 spiro atoms. The third kappa shape index (κ3) is 2.13. The van der Waals surface area contributed by atoms with Gasteiger partial charge in [-0.2, -0.15) is 0 Å². The van der Waals surface area contributed by atoms with E-state index in [4.69, 9.17) is 0 Å². The normalized spacial score (nSPS) is 16.7. The Morgan fingerprint density at radius 2 is 1.69 bits per heavy atom. The van der Waals surface area contributed by atoms with Crippen LogP contribution in [0.4, 0.5) is 0 Å². The molecule has 0 unspecified atom stereocenters. The summed E-state index contributed by atoms with van der Waals surface area (Å²) >= 11 is 0. The van der Waals surface area contributed by atoms with Crippen molar-refractivity contribution in [3.8, 4) is 0 Å². The summed E-state index contributed by atoms with van der Waals surface area (Å²) in [5.41, 5.74) is 6.43. The summed E-state index contributed by atoms with van der Waals surface area (Å²) < 4.78 is 0. The second kappa shape index (κ2) is 4.48. The highest BCUT2D eigenvalue weighted by Crippen LogP contribution is 2.22. The van der Waals surface area contributed by atoms with E-state index in [1.807, 2.05) is 12.3 Å². The molecular formula is C15H17N. The van der Waals surface area contributed by atoms with Crippen LogP contribution in [-0.4, -0.2) is 5.71 Å². The Balaban J connectivity index is 2.40. The van der Waals surface area contributed by atoms with Crippen molar-refractivity contribution in [1.82, 2.24) is 0 Å². The van der Waals surface area contributed by atoms with Gasteiger partial charge in [-0.25, -0.2) is 0 Å². The Morgan fingerprint density at radius 1 is 1.00 bits per heavy atom. The quantitative estimate of drug-likeness (QED) is 0.662. The van der Waals surface area contributed by atoms with Crippen LogP contribution in [0.2, 0.25) is 0 Å². The van der Waals surface area contributed by atoms with Crippen LogP contribution in [0.5, 0.6) is 0 Å². The summed E-state index contributed by atoms with van der Waals surface area (Å²) in [7, 11) is 0. The lowest BCUT2D eigenvalue weighted by Gasteiger charge is -2.06. The molecule has 0 aromatic heterocycles. The van der Waals surface area contributed by atoms with Gasteiger partial charge in [-0.3, -0.25) is 4.99 Å². The topological polar surface area (TPSA) is 12.4 Å². The second-order valence-electron chi connectivity index (χ2n) is 4.34. The minimum atomic E-state index is 0.948. The predicted octanol–water partition coefficient (Wildman–Crippen LogP) is 4.12. The van der Waals surface area contributed by atoms with Crippen LogP contribution in [0.3, 0.4) is 0 Å². The molecule has 0 atom stereocenters. The van der Waals surface area contributed by atoms with Crippen LogP contribution in [0.15, 0.2) is 58.2 Å². The van der Waals surface area contributed by atoms with Crippen LogP contribution in [0.1, 0.15) is 32.8 Å². The third-order valence-corrected chi connectivity index (χ3v) is 3.19.